The molecule has 0 spiro atoms. The molecule has 3 nitrogen and oxygen atoms in total. The summed E-state index contributed by atoms with van der Waals surface area (Å²) in [6.45, 7) is 0. The van der Waals surface area contributed by atoms with E-state index >= 15 is 0 Å². The number of nitrogens with zero attached hydrogens (tertiary/aromatic N) is 2. The summed E-state index contributed by atoms with van der Waals surface area (Å²) in [5.41, 5.74) is 3.76. The van der Waals surface area contributed by atoms with E-state index < -0.39 is 0 Å². The summed E-state index contributed by atoms with van der Waals surface area (Å²) >= 11 is 5.90. The maximum Gasteiger partial charge on any atom is 0.157 e. The minimum Gasteiger partial charge on any atom is -0.326 e. The molecular weight excluding hydrogens is 325 g/mol. The van der Waals surface area contributed by atoms with Crippen molar-refractivity contribution in [3.8, 4) is 11.1 Å². The highest BCUT2D eigenvalue weighted by molar-refractivity contribution is 6.30. The first kappa shape index (κ1) is 14.8. The maximum atomic E-state index is 13.9. The Morgan fingerprint density at radius 2 is 1.83 bits per heavy atom. The van der Waals surface area contributed by atoms with Crippen molar-refractivity contribution in [2.75, 3.05) is 0 Å². The monoisotopic (exact) mass is 337 g/mol. The zero-order valence-electron chi connectivity index (χ0n) is 12.6. The Balaban J connectivity index is 1.68. The molecule has 0 aliphatic carbocycles. The van der Waals surface area contributed by atoms with Crippen LogP contribution in [-0.2, 0) is 6.42 Å². The van der Waals surface area contributed by atoms with Crippen molar-refractivity contribution in [2.45, 2.75) is 6.42 Å². The van der Waals surface area contributed by atoms with Crippen LogP contribution in [0.1, 0.15) is 11.4 Å². The molecule has 24 heavy (non-hydrogen) atoms. The summed E-state index contributed by atoms with van der Waals surface area (Å²) in [7, 11) is 0. The number of fused-ring (bicyclic) bond motifs is 1. The number of pyridine rings is 1. The zero-order valence-corrected chi connectivity index (χ0v) is 13.4. The number of imidazole rings is 1. The van der Waals surface area contributed by atoms with E-state index in [1.54, 1.807) is 24.4 Å². The van der Waals surface area contributed by atoms with E-state index in [1.165, 1.54) is 6.07 Å². The summed E-state index contributed by atoms with van der Waals surface area (Å²) in [6, 6.07) is 16.1. The molecule has 0 atom stereocenters. The Morgan fingerprint density at radius 1 is 1.04 bits per heavy atom. The molecule has 0 aliphatic heterocycles. The number of benzene rings is 2. The van der Waals surface area contributed by atoms with Crippen molar-refractivity contribution in [3.05, 3.63) is 83.0 Å². The average molecular weight is 338 g/mol. The average Bonchev–Trinajstić information content (AvgIpc) is 2.99. The van der Waals surface area contributed by atoms with Crippen molar-refractivity contribution in [3.63, 3.8) is 0 Å². The fourth-order valence-electron chi connectivity index (χ4n) is 2.67. The molecule has 4 aromatic rings. The van der Waals surface area contributed by atoms with E-state index in [2.05, 4.69) is 15.0 Å². The van der Waals surface area contributed by atoms with Gasteiger partial charge in [-0.25, -0.2) is 14.4 Å². The van der Waals surface area contributed by atoms with Gasteiger partial charge in [-0.2, -0.15) is 0 Å². The van der Waals surface area contributed by atoms with Crippen LogP contribution in [0.5, 0.6) is 0 Å². The van der Waals surface area contributed by atoms with Crippen LogP contribution in [0.25, 0.3) is 22.3 Å². The van der Waals surface area contributed by atoms with Gasteiger partial charge in [-0.1, -0.05) is 41.9 Å². The molecule has 2 heterocycles. The molecule has 0 amide bonds. The Morgan fingerprint density at radius 3 is 2.62 bits per heavy atom. The molecular formula is C19H13ClFN3. The lowest BCUT2D eigenvalue weighted by atomic mass is 10.1. The van der Waals surface area contributed by atoms with Gasteiger partial charge in [0.1, 0.15) is 17.2 Å². The smallest absolute Gasteiger partial charge is 0.157 e. The number of halogens is 2. The van der Waals surface area contributed by atoms with Crippen molar-refractivity contribution in [1.29, 1.82) is 0 Å². The first-order valence-corrected chi connectivity index (χ1v) is 7.91. The van der Waals surface area contributed by atoms with Gasteiger partial charge in [0.2, 0.25) is 0 Å². The van der Waals surface area contributed by atoms with Gasteiger partial charge in [-0.05, 0) is 29.8 Å². The van der Waals surface area contributed by atoms with Gasteiger partial charge in [0.05, 0.1) is 0 Å². The second-order valence-corrected chi connectivity index (χ2v) is 5.99. The molecule has 0 fully saturated rings. The molecule has 0 bridgehead atoms. The van der Waals surface area contributed by atoms with Crippen molar-refractivity contribution in [1.82, 2.24) is 15.0 Å². The first-order chi connectivity index (χ1) is 11.7. The van der Waals surface area contributed by atoms with Crippen LogP contribution >= 0.6 is 11.6 Å². The van der Waals surface area contributed by atoms with Gasteiger partial charge >= 0.3 is 0 Å². The third-order valence-electron chi connectivity index (χ3n) is 3.86. The Hall–Kier alpha value is -2.72. The highest BCUT2D eigenvalue weighted by atomic mass is 35.5. The summed E-state index contributed by atoms with van der Waals surface area (Å²) in [4.78, 5) is 12.1. The molecule has 0 unspecified atom stereocenters. The van der Waals surface area contributed by atoms with E-state index in [1.807, 2.05) is 30.3 Å². The molecule has 0 saturated heterocycles. The summed E-state index contributed by atoms with van der Waals surface area (Å²) < 4.78 is 13.9. The fourth-order valence-corrected chi connectivity index (χ4v) is 2.79. The van der Waals surface area contributed by atoms with E-state index in [0.29, 0.717) is 28.2 Å². The van der Waals surface area contributed by atoms with Crippen LogP contribution in [0.4, 0.5) is 4.39 Å². The third-order valence-corrected chi connectivity index (χ3v) is 4.11. The summed E-state index contributed by atoms with van der Waals surface area (Å²) in [5.74, 6) is 0.543. The molecule has 2 aromatic heterocycles. The molecule has 118 valence electrons. The zero-order chi connectivity index (χ0) is 16.5. The number of aromatic nitrogens is 3. The lowest BCUT2D eigenvalue weighted by molar-refractivity contribution is 0.631. The first-order valence-electron chi connectivity index (χ1n) is 7.53. The molecule has 2 aromatic carbocycles. The number of H-pyrrole nitrogens is 1. The van der Waals surface area contributed by atoms with Crippen molar-refractivity contribution >= 4 is 22.8 Å². The topological polar surface area (TPSA) is 41.6 Å². The van der Waals surface area contributed by atoms with Crippen molar-refractivity contribution < 1.29 is 4.39 Å². The Labute approximate surface area is 143 Å². The molecule has 0 radical (unpaired) electrons. The number of hydrogen-bond donors (Lipinski definition) is 1. The standard InChI is InChI=1S/C19H13ClFN3/c20-14-7-5-12(6-8-14)9-18-23-17-10-13(11-22-19(17)24-18)15-3-1-2-4-16(15)21/h1-8,10-11H,9H2,(H,22,23,24). The molecule has 0 aliphatic rings. The van der Waals surface area contributed by atoms with E-state index in [0.717, 1.165) is 16.9 Å². The van der Waals surface area contributed by atoms with Crippen LogP contribution in [0, 0.1) is 5.82 Å². The van der Waals surface area contributed by atoms with Crippen LogP contribution in [0.2, 0.25) is 5.02 Å². The fraction of sp³-hybridized carbons (Fsp3) is 0.0526. The van der Waals surface area contributed by atoms with E-state index in [-0.39, 0.29) is 5.82 Å². The third kappa shape index (κ3) is 2.88. The minimum atomic E-state index is -0.268. The summed E-state index contributed by atoms with van der Waals surface area (Å²) in [5, 5.41) is 0.708. The minimum absolute atomic E-state index is 0.268. The second-order valence-electron chi connectivity index (χ2n) is 5.56. The number of rotatable bonds is 3. The molecule has 4 rings (SSSR count). The predicted molar refractivity (Wildman–Crippen MR) is 93.5 cm³/mol. The SMILES string of the molecule is Fc1ccccc1-c1cnc2[nH]c(Cc3ccc(Cl)cc3)nc2c1. The van der Waals surface area contributed by atoms with Gasteiger partial charge in [0.15, 0.2) is 5.65 Å². The summed E-state index contributed by atoms with van der Waals surface area (Å²) in [6.07, 6.45) is 2.31. The van der Waals surface area contributed by atoms with Crippen LogP contribution in [0.3, 0.4) is 0 Å². The quantitative estimate of drug-likeness (QED) is 0.571. The Kier molecular flexibility index (Phi) is 3.75. The number of hydrogen-bond acceptors (Lipinski definition) is 2. The van der Waals surface area contributed by atoms with Crippen LogP contribution < -0.4 is 0 Å². The maximum absolute atomic E-state index is 13.9. The van der Waals surface area contributed by atoms with E-state index in [4.69, 9.17) is 11.6 Å². The lowest BCUT2D eigenvalue weighted by Crippen LogP contribution is -1.89. The lowest BCUT2D eigenvalue weighted by Gasteiger charge is -2.01. The highest BCUT2D eigenvalue weighted by Gasteiger charge is 2.09. The van der Waals surface area contributed by atoms with Crippen LogP contribution in [-0.4, -0.2) is 15.0 Å². The van der Waals surface area contributed by atoms with E-state index in [9.17, 15) is 4.39 Å². The largest absolute Gasteiger partial charge is 0.326 e. The number of nitrogens with one attached hydrogen (secondary N) is 1. The molecule has 0 saturated carbocycles. The molecule has 5 heteroatoms. The second kappa shape index (κ2) is 6.06. The normalized spacial score (nSPS) is 11.1. The van der Waals surface area contributed by atoms with Gasteiger partial charge in [-0.15, -0.1) is 0 Å². The van der Waals surface area contributed by atoms with Gasteiger partial charge < -0.3 is 4.98 Å². The number of aromatic amines is 1. The van der Waals surface area contributed by atoms with Gasteiger partial charge in [-0.3, -0.25) is 0 Å². The van der Waals surface area contributed by atoms with Gasteiger partial charge in [0, 0.05) is 28.8 Å². The predicted octanol–water partition coefficient (Wildman–Crippen LogP) is 5.01. The Bertz CT molecular complexity index is 1010. The van der Waals surface area contributed by atoms with Gasteiger partial charge in [0.25, 0.3) is 0 Å². The van der Waals surface area contributed by atoms with Crippen molar-refractivity contribution in [2.24, 2.45) is 0 Å². The highest BCUT2D eigenvalue weighted by Crippen LogP contribution is 2.24. The van der Waals surface area contributed by atoms with Crippen LogP contribution in [0.15, 0.2) is 60.8 Å². The molecule has 1 N–H and O–H groups in total.